The van der Waals surface area contributed by atoms with Crippen molar-refractivity contribution in [1.82, 2.24) is 4.57 Å². The zero-order valence-electron chi connectivity index (χ0n) is 14.5. The Labute approximate surface area is 136 Å². The van der Waals surface area contributed by atoms with Crippen LogP contribution >= 0.6 is 0 Å². The lowest BCUT2D eigenvalue weighted by atomic mass is 9.84. The molecule has 0 fully saturated rings. The SMILES string of the molecule is Cc1c(C(C)O)c2cc(C(C)(C)C)cc(C(=O)O)c2n1CCN. The van der Waals surface area contributed by atoms with Crippen molar-refractivity contribution < 1.29 is 15.0 Å². The van der Waals surface area contributed by atoms with Crippen molar-refractivity contribution in [3.63, 3.8) is 0 Å². The molecule has 23 heavy (non-hydrogen) atoms. The summed E-state index contributed by atoms with van der Waals surface area (Å²) in [4.78, 5) is 11.8. The number of carboxylic acids is 1. The minimum Gasteiger partial charge on any atom is -0.478 e. The molecule has 1 atom stereocenters. The first-order valence-corrected chi connectivity index (χ1v) is 7.88. The molecule has 1 aromatic carbocycles. The van der Waals surface area contributed by atoms with Crippen molar-refractivity contribution >= 4 is 16.9 Å². The summed E-state index contributed by atoms with van der Waals surface area (Å²) in [6.45, 7) is 10.7. The molecular weight excluding hydrogens is 292 g/mol. The summed E-state index contributed by atoms with van der Waals surface area (Å²) in [7, 11) is 0. The Kier molecular flexibility index (Phi) is 4.55. The van der Waals surface area contributed by atoms with E-state index in [1.54, 1.807) is 13.0 Å². The van der Waals surface area contributed by atoms with Crippen molar-refractivity contribution in [2.75, 3.05) is 6.54 Å². The van der Waals surface area contributed by atoms with Crippen LogP contribution in [0.25, 0.3) is 10.9 Å². The van der Waals surface area contributed by atoms with Gasteiger partial charge in [-0.15, -0.1) is 0 Å². The second-order valence-electron chi connectivity index (χ2n) is 7.09. The molecule has 126 valence electrons. The molecule has 4 N–H and O–H groups in total. The first-order valence-electron chi connectivity index (χ1n) is 7.88. The number of aromatic nitrogens is 1. The fourth-order valence-electron chi connectivity index (χ4n) is 3.17. The minimum absolute atomic E-state index is 0.182. The van der Waals surface area contributed by atoms with Gasteiger partial charge in [0.05, 0.1) is 17.2 Å². The molecule has 1 unspecified atom stereocenters. The Morgan fingerprint density at radius 3 is 2.39 bits per heavy atom. The van der Waals surface area contributed by atoms with Crippen LogP contribution in [-0.4, -0.2) is 27.3 Å². The molecule has 0 radical (unpaired) electrons. The number of rotatable bonds is 4. The third-order valence-corrected chi connectivity index (χ3v) is 4.33. The van der Waals surface area contributed by atoms with Gasteiger partial charge in [-0.05, 0) is 37.0 Å². The predicted octanol–water partition coefficient (Wildman–Crippen LogP) is 2.96. The first-order chi connectivity index (χ1) is 10.6. The van der Waals surface area contributed by atoms with Gasteiger partial charge in [-0.2, -0.15) is 0 Å². The van der Waals surface area contributed by atoms with Gasteiger partial charge in [-0.3, -0.25) is 0 Å². The quantitative estimate of drug-likeness (QED) is 0.808. The summed E-state index contributed by atoms with van der Waals surface area (Å²) in [5.74, 6) is -0.964. The number of hydrogen-bond donors (Lipinski definition) is 3. The standard InChI is InChI=1S/C18H26N2O3/c1-10-15(11(2)21)13-8-12(18(3,4)5)9-14(17(22)23)16(13)20(10)7-6-19/h8-9,11,21H,6-7,19H2,1-5H3,(H,22,23). The maximum Gasteiger partial charge on any atom is 0.337 e. The molecular formula is C18H26N2O3. The highest BCUT2D eigenvalue weighted by atomic mass is 16.4. The largest absolute Gasteiger partial charge is 0.478 e. The highest BCUT2D eigenvalue weighted by molar-refractivity contribution is 6.04. The maximum atomic E-state index is 11.8. The van der Waals surface area contributed by atoms with Gasteiger partial charge in [-0.25, -0.2) is 4.79 Å². The van der Waals surface area contributed by atoms with E-state index < -0.39 is 12.1 Å². The van der Waals surface area contributed by atoms with E-state index in [1.165, 1.54) is 0 Å². The van der Waals surface area contributed by atoms with E-state index in [0.29, 0.717) is 18.6 Å². The lowest BCUT2D eigenvalue weighted by Gasteiger charge is -2.20. The number of benzene rings is 1. The van der Waals surface area contributed by atoms with Gasteiger partial charge in [-0.1, -0.05) is 20.8 Å². The van der Waals surface area contributed by atoms with Gasteiger partial charge in [0.15, 0.2) is 0 Å². The average Bonchev–Trinajstić information content (AvgIpc) is 2.69. The Morgan fingerprint density at radius 1 is 1.35 bits per heavy atom. The summed E-state index contributed by atoms with van der Waals surface area (Å²) < 4.78 is 1.91. The number of carboxylic acid groups (broad SMARTS) is 1. The van der Waals surface area contributed by atoms with Crippen molar-refractivity contribution in [3.8, 4) is 0 Å². The Balaban J connectivity index is 3.00. The monoisotopic (exact) mass is 318 g/mol. The molecule has 2 rings (SSSR count). The zero-order chi connectivity index (χ0) is 17.5. The summed E-state index contributed by atoms with van der Waals surface area (Å²) in [6, 6.07) is 3.74. The van der Waals surface area contributed by atoms with Crippen LogP contribution < -0.4 is 5.73 Å². The van der Waals surface area contributed by atoms with Crippen LogP contribution in [0.2, 0.25) is 0 Å². The van der Waals surface area contributed by atoms with Crippen LogP contribution in [-0.2, 0) is 12.0 Å². The Morgan fingerprint density at radius 2 is 1.96 bits per heavy atom. The van der Waals surface area contributed by atoms with Crippen LogP contribution in [0.15, 0.2) is 12.1 Å². The zero-order valence-corrected chi connectivity index (χ0v) is 14.5. The summed E-state index contributed by atoms with van der Waals surface area (Å²) in [6.07, 6.45) is -0.673. The molecule has 0 saturated heterocycles. The van der Waals surface area contributed by atoms with Gasteiger partial charge < -0.3 is 20.5 Å². The average molecular weight is 318 g/mol. The molecule has 1 aromatic heterocycles. The molecule has 0 aliphatic heterocycles. The van der Waals surface area contributed by atoms with Crippen LogP contribution in [0.1, 0.15) is 61.0 Å². The van der Waals surface area contributed by atoms with Gasteiger partial charge in [0.25, 0.3) is 0 Å². The normalized spacial score (nSPS) is 13.5. The number of aromatic carboxylic acids is 1. The first kappa shape index (κ1) is 17.5. The Bertz CT molecular complexity index is 752. The number of aliphatic hydroxyl groups is 1. The van der Waals surface area contributed by atoms with E-state index >= 15 is 0 Å². The van der Waals surface area contributed by atoms with Crippen LogP contribution in [0.3, 0.4) is 0 Å². The molecule has 0 spiro atoms. The van der Waals surface area contributed by atoms with Gasteiger partial charge in [0.2, 0.25) is 0 Å². The fourth-order valence-corrected chi connectivity index (χ4v) is 3.17. The van der Waals surface area contributed by atoms with Crippen LogP contribution in [0, 0.1) is 6.92 Å². The molecule has 0 aliphatic carbocycles. The van der Waals surface area contributed by atoms with Gasteiger partial charge >= 0.3 is 5.97 Å². The van der Waals surface area contributed by atoms with Gasteiger partial charge in [0, 0.05) is 29.7 Å². The number of nitrogens with zero attached hydrogens (tertiary/aromatic N) is 1. The number of carbonyl (C=O) groups is 1. The summed E-state index contributed by atoms with van der Waals surface area (Å²) in [5, 5.41) is 20.7. The number of aliphatic hydroxyl groups excluding tert-OH is 1. The lowest BCUT2D eigenvalue weighted by molar-refractivity contribution is 0.0698. The molecule has 5 heteroatoms. The van der Waals surface area contributed by atoms with E-state index in [-0.39, 0.29) is 11.0 Å². The van der Waals surface area contributed by atoms with Gasteiger partial charge in [0.1, 0.15) is 0 Å². The second kappa shape index (κ2) is 5.98. The van der Waals surface area contributed by atoms with E-state index in [9.17, 15) is 15.0 Å². The molecule has 0 bridgehead atoms. The summed E-state index contributed by atoms with van der Waals surface area (Å²) in [5.41, 5.74) is 9.01. The highest BCUT2D eigenvalue weighted by Crippen LogP contribution is 2.36. The lowest BCUT2D eigenvalue weighted by Crippen LogP contribution is -2.15. The fraction of sp³-hybridized carbons (Fsp3) is 0.500. The molecule has 1 heterocycles. The van der Waals surface area contributed by atoms with Crippen molar-refractivity contribution in [3.05, 3.63) is 34.5 Å². The number of fused-ring (bicyclic) bond motifs is 1. The van der Waals surface area contributed by atoms with E-state index in [4.69, 9.17) is 5.73 Å². The number of nitrogens with two attached hydrogens (primary N) is 1. The van der Waals surface area contributed by atoms with E-state index in [1.807, 2.05) is 38.3 Å². The molecule has 0 aliphatic rings. The highest BCUT2D eigenvalue weighted by Gasteiger charge is 2.25. The van der Waals surface area contributed by atoms with Crippen molar-refractivity contribution in [2.24, 2.45) is 5.73 Å². The second-order valence-corrected chi connectivity index (χ2v) is 7.09. The maximum absolute atomic E-state index is 11.8. The number of hydrogen-bond acceptors (Lipinski definition) is 3. The Hall–Kier alpha value is -1.85. The third kappa shape index (κ3) is 2.99. The molecule has 5 nitrogen and oxygen atoms in total. The minimum atomic E-state index is -0.964. The topological polar surface area (TPSA) is 88.5 Å². The summed E-state index contributed by atoms with van der Waals surface area (Å²) >= 11 is 0. The molecule has 0 amide bonds. The van der Waals surface area contributed by atoms with Crippen molar-refractivity contribution in [2.45, 2.75) is 52.7 Å². The van der Waals surface area contributed by atoms with E-state index in [2.05, 4.69) is 0 Å². The third-order valence-electron chi connectivity index (χ3n) is 4.33. The smallest absolute Gasteiger partial charge is 0.337 e. The van der Waals surface area contributed by atoms with Crippen LogP contribution in [0.5, 0.6) is 0 Å². The molecule has 0 saturated carbocycles. The van der Waals surface area contributed by atoms with Crippen LogP contribution in [0.4, 0.5) is 0 Å². The van der Waals surface area contributed by atoms with Crippen molar-refractivity contribution in [1.29, 1.82) is 0 Å². The van der Waals surface area contributed by atoms with E-state index in [0.717, 1.165) is 22.2 Å². The predicted molar refractivity (Wildman–Crippen MR) is 92.0 cm³/mol. The molecule has 2 aromatic rings.